The van der Waals surface area contributed by atoms with Gasteiger partial charge in [0, 0.05) is 119 Å². The van der Waals surface area contributed by atoms with E-state index in [1.807, 2.05) is 47.0 Å². The van der Waals surface area contributed by atoms with Gasteiger partial charge >= 0.3 is 0 Å². The second-order valence-electron chi connectivity index (χ2n) is 15.4. The molecule has 57 heavy (non-hydrogen) atoms. The maximum Gasteiger partial charge on any atom is 0.225 e. The van der Waals surface area contributed by atoms with Crippen molar-refractivity contribution in [3.63, 3.8) is 0 Å². The van der Waals surface area contributed by atoms with E-state index in [1.54, 1.807) is 25.7 Å². The third-order valence-electron chi connectivity index (χ3n) is 11.3. The Balaban J connectivity index is 0.000000175. The highest BCUT2D eigenvalue weighted by atomic mass is 16.5. The Hall–Kier alpha value is -5.27. The van der Waals surface area contributed by atoms with E-state index in [0.29, 0.717) is 13.2 Å². The van der Waals surface area contributed by atoms with Crippen LogP contribution in [0.15, 0.2) is 61.4 Å². The fraction of sp³-hybridized carbons (Fsp3) is 0.477. The highest BCUT2D eigenvalue weighted by molar-refractivity contribution is 5.92. The molecule has 0 spiro atoms. The van der Waals surface area contributed by atoms with Crippen LogP contribution in [0.5, 0.6) is 0 Å². The molecule has 4 aliphatic rings. The van der Waals surface area contributed by atoms with Crippen molar-refractivity contribution in [2.24, 2.45) is 0 Å². The number of ether oxygens (including phenoxy) is 2. The number of hydrogen-bond donors (Lipinski definition) is 1. The third-order valence-corrected chi connectivity index (χ3v) is 11.3. The number of aromatic nitrogens is 4. The normalized spacial score (nSPS) is 17.1. The zero-order valence-corrected chi connectivity index (χ0v) is 33.4. The average molecular weight is 775 g/mol. The van der Waals surface area contributed by atoms with Crippen molar-refractivity contribution >= 4 is 29.4 Å². The summed E-state index contributed by atoms with van der Waals surface area (Å²) in [5.74, 6) is 2.11. The molecule has 0 radical (unpaired) electrons. The summed E-state index contributed by atoms with van der Waals surface area (Å²) in [5.41, 5.74) is 8.64. The summed E-state index contributed by atoms with van der Waals surface area (Å²) in [7, 11) is 0. The van der Waals surface area contributed by atoms with Crippen LogP contribution in [-0.2, 0) is 49.9 Å². The van der Waals surface area contributed by atoms with Crippen LogP contribution < -0.4 is 10.2 Å². The molecule has 0 atom stereocenters. The van der Waals surface area contributed by atoms with E-state index in [0.717, 1.165) is 141 Å². The number of nitrogens with one attached hydrogen (secondary N) is 1. The van der Waals surface area contributed by atoms with Crippen molar-refractivity contribution in [3.8, 4) is 22.3 Å². The molecular formula is C44H54N8O5. The third kappa shape index (κ3) is 10.4. The van der Waals surface area contributed by atoms with Gasteiger partial charge in [0.15, 0.2) is 0 Å². The van der Waals surface area contributed by atoms with Crippen molar-refractivity contribution < 1.29 is 23.9 Å². The van der Waals surface area contributed by atoms with E-state index >= 15 is 0 Å². The van der Waals surface area contributed by atoms with E-state index in [9.17, 15) is 14.4 Å². The van der Waals surface area contributed by atoms with Gasteiger partial charge in [0.1, 0.15) is 11.6 Å². The SMILES string of the molecule is CC(=O)N1CCC(OCc2cncc(-c3cnc4c(c3)CCCN4)c2)CC1.CC(=O)N1CCC(OCc2cncc(-c3cnc4c(c3)CCCN4C(C)=O)c2)CC1. The van der Waals surface area contributed by atoms with E-state index in [1.165, 1.54) is 5.56 Å². The molecule has 1 N–H and O–H groups in total. The fourth-order valence-electron chi connectivity index (χ4n) is 7.98. The van der Waals surface area contributed by atoms with Crippen LogP contribution in [-0.4, -0.2) is 98.9 Å². The lowest BCUT2D eigenvalue weighted by molar-refractivity contribution is -0.132. The number of likely N-dealkylation sites (tertiary alicyclic amines) is 2. The van der Waals surface area contributed by atoms with Gasteiger partial charge in [0.25, 0.3) is 0 Å². The Bertz CT molecular complexity index is 2040. The molecule has 4 aromatic rings. The lowest BCUT2D eigenvalue weighted by Gasteiger charge is -2.31. The molecule has 4 aliphatic heterocycles. The molecule has 3 amide bonds. The Morgan fingerprint density at radius 3 is 1.67 bits per heavy atom. The fourth-order valence-corrected chi connectivity index (χ4v) is 7.98. The Labute approximate surface area is 335 Å². The van der Waals surface area contributed by atoms with Crippen LogP contribution in [0.25, 0.3) is 22.3 Å². The number of carbonyl (C=O) groups excluding carboxylic acids is 3. The van der Waals surface area contributed by atoms with Gasteiger partial charge in [-0.15, -0.1) is 0 Å². The number of hydrogen-bond acceptors (Lipinski definition) is 10. The smallest absolute Gasteiger partial charge is 0.225 e. The molecule has 0 bridgehead atoms. The van der Waals surface area contributed by atoms with E-state index in [-0.39, 0.29) is 29.9 Å². The van der Waals surface area contributed by atoms with Gasteiger partial charge in [0.2, 0.25) is 17.7 Å². The molecule has 0 unspecified atom stereocenters. The van der Waals surface area contributed by atoms with Crippen LogP contribution in [0, 0.1) is 0 Å². The van der Waals surface area contributed by atoms with Gasteiger partial charge in [0.05, 0.1) is 25.4 Å². The number of anilines is 2. The topological polar surface area (TPSA) is 143 Å². The van der Waals surface area contributed by atoms with Crippen LogP contribution >= 0.6 is 0 Å². The largest absolute Gasteiger partial charge is 0.373 e. The van der Waals surface area contributed by atoms with Gasteiger partial charge < -0.3 is 24.6 Å². The highest BCUT2D eigenvalue weighted by Crippen LogP contribution is 2.30. The van der Waals surface area contributed by atoms with Gasteiger partial charge in [-0.3, -0.25) is 29.3 Å². The molecule has 2 fully saturated rings. The van der Waals surface area contributed by atoms with Crippen LogP contribution in [0.3, 0.4) is 0 Å². The summed E-state index contributed by atoms with van der Waals surface area (Å²) in [5, 5.41) is 3.35. The number of carbonyl (C=O) groups is 3. The van der Waals surface area contributed by atoms with Crippen molar-refractivity contribution in [3.05, 3.63) is 83.7 Å². The van der Waals surface area contributed by atoms with Gasteiger partial charge in [-0.1, -0.05) is 0 Å². The first kappa shape index (κ1) is 39.9. The average Bonchev–Trinajstić information content (AvgIpc) is 3.25. The summed E-state index contributed by atoms with van der Waals surface area (Å²) in [6, 6.07) is 8.56. The van der Waals surface area contributed by atoms with Gasteiger partial charge in [-0.25, -0.2) is 9.97 Å². The van der Waals surface area contributed by atoms with Crippen molar-refractivity contribution in [2.75, 3.05) is 49.5 Å². The van der Waals surface area contributed by atoms with Gasteiger partial charge in [-0.2, -0.15) is 0 Å². The molecule has 13 heteroatoms. The summed E-state index contributed by atoms with van der Waals surface area (Å²) < 4.78 is 12.2. The second kappa shape index (κ2) is 18.8. The van der Waals surface area contributed by atoms with Gasteiger partial charge in [-0.05, 0) is 97.9 Å². The lowest BCUT2D eigenvalue weighted by Crippen LogP contribution is -2.39. The minimum absolute atomic E-state index is 0.0335. The molecule has 2 saturated heterocycles. The Kier molecular flexibility index (Phi) is 13.2. The van der Waals surface area contributed by atoms with Crippen LogP contribution in [0.2, 0.25) is 0 Å². The first-order valence-corrected chi connectivity index (χ1v) is 20.3. The first-order chi connectivity index (χ1) is 27.7. The maximum atomic E-state index is 11.9. The molecule has 13 nitrogen and oxygen atoms in total. The minimum atomic E-state index is 0.0335. The molecule has 300 valence electrons. The van der Waals surface area contributed by atoms with Crippen molar-refractivity contribution in [2.45, 2.75) is 97.6 Å². The first-order valence-electron chi connectivity index (χ1n) is 20.3. The van der Waals surface area contributed by atoms with E-state index in [4.69, 9.17) is 9.47 Å². The summed E-state index contributed by atoms with van der Waals surface area (Å²) in [6.07, 6.45) is 19.2. The predicted octanol–water partition coefficient (Wildman–Crippen LogP) is 6.00. The molecular weight excluding hydrogens is 721 g/mol. The molecule has 8 rings (SSSR count). The predicted molar refractivity (Wildman–Crippen MR) is 218 cm³/mol. The Morgan fingerprint density at radius 1 is 0.614 bits per heavy atom. The summed E-state index contributed by atoms with van der Waals surface area (Å²) in [4.78, 5) is 58.2. The number of fused-ring (bicyclic) bond motifs is 2. The molecule has 4 aromatic heterocycles. The monoisotopic (exact) mass is 774 g/mol. The maximum absolute atomic E-state index is 11.9. The van der Waals surface area contributed by atoms with E-state index in [2.05, 4.69) is 49.5 Å². The Morgan fingerprint density at radius 2 is 1.12 bits per heavy atom. The number of piperidine rings is 2. The second-order valence-corrected chi connectivity index (χ2v) is 15.4. The lowest BCUT2D eigenvalue weighted by atomic mass is 10.0. The number of nitrogens with zero attached hydrogens (tertiary/aromatic N) is 7. The quantitative estimate of drug-likeness (QED) is 0.227. The van der Waals surface area contributed by atoms with Crippen molar-refractivity contribution in [1.29, 1.82) is 0 Å². The van der Waals surface area contributed by atoms with Crippen molar-refractivity contribution in [1.82, 2.24) is 29.7 Å². The number of amides is 3. The minimum Gasteiger partial charge on any atom is -0.373 e. The molecule has 0 aliphatic carbocycles. The zero-order valence-electron chi connectivity index (χ0n) is 33.4. The van der Waals surface area contributed by atoms with Crippen LogP contribution in [0.4, 0.5) is 11.6 Å². The molecule has 0 aromatic carbocycles. The number of pyridine rings is 4. The standard InChI is InChI=1S/C23H28N4O3.C21H26N4O2/c1-16(28)26-8-5-22(6-9-26)30-15-18-10-20(13-24-12-18)21-11-19-4-3-7-27(17(2)29)23(19)25-14-21;1-15(26)25-7-4-20(5-8-25)27-14-16-9-18(12-22-11-16)19-10-17-3-2-6-23-21(17)24-13-19/h10-14,22H,3-9,15H2,1-2H3;9-13,20H,2-8,14H2,1H3,(H,23,24). The summed E-state index contributed by atoms with van der Waals surface area (Å²) >= 11 is 0. The molecule has 0 saturated carbocycles. The zero-order chi connectivity index (χ0) is 39.7. The summed E-state index contributed by atoms with van der Waals surface area (Å²) in [6.45, 7) is 10.7. The number of rotatable bonds is 8. The highest BCUT2D eigenvalue weighted by Gasteiger charge is 2.24. The number of aryl methyl sites for hydroxylation is 2. The van der Waals surface area contributed by atoms with E-state index < -0.39 is 0 Å². The molecule has 8 heterocycles. The van der Waals surface area contributed by atoms with Crippen LogP contribution in [0.1, 0.15) is 81.5 Å².